The first kappa shape index (κ1) is 28.2. The number of ether oxygens (including phenoxy) is 1. The van der Waals surface area contributed by atoms with E-state index in [0.29, 0.717) is 16.1 Å². The van der Waals surface area contributed by atoms with E-state index in [9.17, 15) is 22.4 Å². The van der Waals surface area contributed by atoms with Gasteiger partial charge in [-0.25, -0.2) is 17.8 Å². The van der Waals surface area contributed by atoms with E-state index in [-0.39, 0.29) is 27.3 Å². The molecule has 16 heteroatoms. The summed E-state index contributed by atoms with van der Waals surface area (Å²) in [4.78, 5) is 30.5. The number of carbonyl (C=O) groups is 2. The summed E-state index contributed by atoms with van der Waals surface area (Å²) in [5.41, 5.74) is 0.692. The molecule has 1 atom stereocenters. The van der Waals surface area contributed by atoms with Crippen molar-refractivity contribution in [3.05, 3.63) is 76.5 Å². The molecule has 0 saturated heterocycles. The van der Waals surface area contributed by atoms with Gasteiger partial charge in [0.05, 0.1) is 5.02 Å². The Morgan fingerprint density at radius 3 is 2.56 bits per heavy atom. The normalized spacial score (nSPS) is 12.0. The lowest BCUT2D eigenvalue weighted by Gasteiger charge is -2.15. The van der Waals surface area contributed by atoms with Crippen LogP contribution in [0.2, 0.25) is 10.0 Å². The van der Waals surface area contributed by atoms with Gasteiger partial charge in [-0.2, -0.15) is 4.37 Å². The molecule has 3 N–H and O–H groups in total. The quantitative estimate of drug-likeness (QED) is 0.240. The van der Waals surface area contributed by atoms with Crippen LogP contribution in [-0.4, -0.2) is 45.8 Å². The molecule has 0 saturated carbocycles. The van der Waals surface area contributed by atoms with Gasteiger partial charge in [-0.3, -0.25) is 19.3 Å². The van der Waals surface area contributed by atoms with Crippen molar-refractivity contribution >= 4 is 61.8 Å². The van der Waals surface area contributed by atoms with Crippen molar-refractivity contribution in [1.82, 2.24) is 19.7 Å². The number of benzene rings is 2. The van der Waals surface area contributed by atoms with Gasteiger partial charge >= 0.3 is 5.97 Å². The lowest BCUT2D eigenvalue weighted by molar-refractivity contribution is -0.138. The van der Waals surface area contributed by atoms with Gasteiger partial charge in [0, 0.05) is 34.4 Å². The highest BCUT2D eigenvalue weighted by Gasteiger charge is 2.24. The number of pyridine rings is 1. The van der Waals surface area contributed by atoms with Crippen LogP contribution in [0.1, 0.15) is 17.4 Å². The third kappa shape index (κ3) is 6.60. The van der Waals surface area contributed by atoms with E-state index in [1.54, 1.807) is 6.07 Å². The van der Waals surface area contributed by atoms with Crippen molar-refractivity contribution in [1.29, 1.82) is 0 Å². The molecule has 2 heterocycles. The van der Waals surface area contributed by atoms with Gasteiger partial charge in [0.25, 0.3) is 15.9 Å². The van der Waals surface area contributed by atoms with Crippen LogP contribution in [0.3, 0.4) is 0 Å². The molecular weight excluding hydrogens is 596 g/mol. The molecule has 2 aromatic carbocycles. The van der Waals surface area contributed by atoms with Gasteiger partial charge in [-0.05, 0) is 48.9 Å². The molecule has 202 valence electrons. The molecule has 0 aliphatic heterocycles. The predicted octanol–water partition coefficient (Wildman–Crippen LogP) is 4.84. The molecule has 2 aromatic heterocycles. The zero-order chi connectivity index (χ0) is 28.3. The van der Waals surface area contributed by atoms with Gasteiger partial charge < -0.3 is 15.2 Å². The van der Waals surface area contributed by atoms with E-state index in [0.717, 1.165) is 30.0 Å². The number of aromatic nitrogens is 3. The lowest BCUT2D eigenvalue weighted by atomic mass is 10.0. The van der Waals surface area contributed by atoms with Gasteiger partial charge in [0.1, 0.15) is 40.3 Å². The first-order valence-corrected chi connectivity index (χ1v) is 13.7. The molecule has 39 heavy (non-hydrogen) atoms. The number of hydrogen-bond acceptors (Lipinski definition) is 9. The Morgan fingerprint density at radius 2 is 1.87 bits per heavy atom. The molecule has 0 bridgehead atoms. The summed E-state index contributed by atoms with van der Waals surface area (Å²) in [7, 11) is -4.37. The molecule has 0 fully saturated rings. The van der Waals surface area contributed by atoms with Crippen molar-refractivity contribution in [2.24, 2.45) is 0 Å². The second-order valence-corrected chi connectivity index (χ2v) is 11.0. The summed E-state index contributed by atoms with van der Waals surface area (Å²) in [5, 5.41) is 11.4. The van der Waals surface area contributed by atoms with Crippen LogP contribution in [0.15, 0.2) is 59.9 Å². The van der Waals surface area contributed by atoms with E-state index >= 15 is 0 Å². The monoisotopic (exact) mass is 611 g/mol. The largest absolute Gasteiger partial charge is 0.480 e. The van der Waals surface area contributed by atoms with Crippen LogP contribution in [0.5, 0.6) is 11.5 Å². The van der Waals surface area contributed by atoms with Gasteiger partial charge in [0.15, 0.2) is 0 Å². The minimum absolute atomic E-state index is 0.0560. The number of carbonyl (C=O) groups excluding carboxylic acids is 1. The van der Waals surface area contributed by atoms with Crippen molar-refractivity contribution in [3.8, 4) is 22.6 Å². The molecular formula is C23H16Cl2FN5O6S2. The van der Waals surface area contributed by atoms with Crippen LogP contribution >= 0.6 is 34.7 Å². The van der Waals surface area contributed by atoms with Gasteiger partial charge in [-0.1, -0.05) is 23.2 Å². The highest BCUT2D eigenvalue weighted by molar-refractivity contribution is 7.93. The third-order valence-electron chi connectivity index (χ3n) is 5.04. The SMILES string of the molecule is C[C@H](NC(=O)c1cc(-c2cc(Cl)ccc2Oc2cc(F)c(S(=O)(=O)Nc3ncns3)cc2Cl)ccn1)C(=O)O. The molecule has 0 spiro atoms. The van der Waals surface area contributed by atoms with Crippen molar-refractivity contribution < 1.29 is 32.2 Å². The molecule has 0 radical (unpaired) electrons. The van der Waals surface area contributed by atoms with Crippen LogP contribution < -0.4 is 14.8 Å². The topological polar surface area (TPSA) is 160 Å². The van der Waals surface area contributed by atoms with Crippen LogP contribution in [0.25, 0.3) is 11.1 Å². The number of hydrogen-bond donors (Lipinski definition) is 3. The Hall–Kier alpha value is -3.85. The van der Waals surface area contributed by atoms with Crippen molar-refractivity contribution in [2.45, 2.75) is 17.9 Å². The standard InChI is InChI=1S/C23H16Cl2FN5O6S2/c1-11(22(33)34)30-21(32)17-6-12(4-5-27-17)14-7-13(24)2-3-18(14)37-19-9-16(26)20(8-15(19)25)39(35,36)31-23-28-10-29-38-23/h2-11H,1H3,(H,30,32)(H,33,34)(H,28,29,31)/t11-/m0/s1. The number of carboxylic acid groups (broad SMARTS) is 1. The van der Waals surface area contributed by atoms with E-state index in [2.05, 4.69) is 24.4 Å². The van der Waals surface area contributed by atoms with Crippen molar-refractivity contribution in [2.75, 3.05) is 4.72 Å². The number of amides is 1. The summed E-state index contributed by atoms with van der Waals surface area (Å²) in [6.07, 6.45) is 2.47. The lowest BCUT2D eigenvalue weighted by Crippen LogP contribution is -2.38. The summed E-state index contributed by atoms with van der Waals surface area (Å²) in [6, 6.07) is 7.98. The number of nitrogens with zero attached hydrogens (tertiary/aromatic N) is 3. The number of rotatable bonds is 9. The highest BCUT2D eigenvalue weighted by Crippen LogP contribution is 2.39. The fourth-order valence-electron chi connectivity index (χ4n) is 3.17. The Bertz CT molecular complexity index is 1670. The van der Waals surface area contributed by atoms with Crippen LogP contribution in [0, 0.1) is 5.82 Å². The molecule has 0 aliphatic rings. The number of anilines is 1. The number of nitrogens with one attached hydrogen (secondary N) is 2. The number of aliphatic carboxylic acids is 1. The highest BCUT2D eigenvalue weighted by atomic mass is 35.5. The summed E-state index contributed by atoms with van der Waals surface area (Å²) < 4.78 is 51.8. The molecule has 0 unspecified atom stereocenters. The first-order chi connectivity index (χ1) is 18.4. The number of sulfonamides is 1. The zero-order valence-corrected chi connectivity index (χ0v) is 22.7. The summed E-state index contributed by atoms with van der Waals surface area (Å²) >= 11 is 13.2. The van der Waals surface area contributed by atoms with Crippen LogP contribution in [-0.2, 0) is 14.8 Å². The van der Waals surface area contributed by atoms with E-state index < -0.39 is 38.7 Å². The maximum Gasteiger partial charge on any atom is 0.325 e. The molecule has 11 nitrogen and oxygen atoms in total. The minimum atomic E-state index is -4.37. The molecule has 4 rings (SSSR count). The van der Waals surface area contributed by atoms with Crippen molar-refractivity contribution in [3.63, 3.8) is 0 Å². The fraction of sp³-hybridized carbons (Fsp3) is 0.0870. The average Bonchev–Trinajstić information content (AvgIpc) is 3.39. The summed E-state index contributed by atoms with van der Waals surface area (Å²) in [5.74, 6) is -3.14. The smallest absolute Gasteiger partial charge is 0.325 e. The first-order valence-electron chi connectivity index (χ1n) is 10.7. The number of carboxylic acids is 1. The van der Waals surface area contributed by atoms with Gasteiger partial charge in [0.2, 0.25) is 5.13 Å². The Balaban J connectivity index is 1.66. The van der Waals surface area contributed by atoms with E-state index in [4.69, 9.17) is 33.0 Å². The van der Waals surface area contributed by atoms with Gasteiger partial charge in [-0.15, -0.1) is 0 Å². The van der Waals surface area contributed by atoms with Crippen LogP contribution in [0.4, 0.5) is 9.52 Å². The Kier molecular flexibility index (Phi) is 8.30. The second-order valence-electron chi connectivity index (χ2n) is 7.77. The molecule has 4 aromatic rings. The Labute approximate surface area is 234 Å². The fourth-order valence-corrected chi connectivity index (χ4v) is 5.36. The maximum atomic E-state index is 14.9. The predicted molar refractivity (Wildman–Crippen MR) is 141 cm³/mol. The number of halogens is 3. The average molecular weight is 612 g/mol. The minimum Gasteiger partial charge on any atom is -0.480 e. The second kappa shape index (κ2) is 11.5. The molecule has 0 aliphatic carbocycles. The maximum absolute atomic E-state index is 14.9. The Morgan fingerprint density at radius 1 is 1.10 bits per heavy atom. The third-order valence-corrected chi connectivity index (χ3v) is 7.64. The molecule has 1 amide bonds. The van der Waals surface area contributed by atoms with E-state index in [1.165, 1.54) is 37.4 Å². The zero-order valence-electron chi connectivity index (χ0n) is 19.6. The summed E-state index contributed by atoms with van der Waals surface area (Å²) in [6.45, 7) is 1.30. The van der Waals surface area contributed by atoms with E-state index in [1.807, 2.05) is 0 Å².